The van der Waals surface area contributed by atoms with Gasteiger partial charge in [-0.2, -0.15) is 0 Å². The summed E-state index contributed by atoms with van der Waals surface area (Å²) in [6.45, 7) is 2.67. The number of fused-ring (bicyclic) bond motifs is 1. The van der Waals surface area contributed by atoms with Crippen LogP contribution in [-0.4, -0.2) is 42.1 Å². The van der Waals surface area contributed by atoms with Crippen LogP contribution < -0.4 is 0 Å². The zero-order valence-corrected chi connectivity index (χ0v) is 19.7. The summed E-state index contributed by atoms with van der Waals surface area (Å²) in [6, 6.07) is 17.3. The second-order valence-electron chi connectivity index (χ2n) is 9.99. The number of amides is 1. The van der Waals surface area contributed by atoms with E-state index in [-0.39, 0.29) is 11.7 Å². The van der Waals surface area contributed by atoms with Crippen molar-refractivity contribution in [3.63, 3.8) is 0 Å². The third-order valence-corrected chi connectivity index (χ3v) is 7.70. The molecule has 2 saturated heterocycles. The van der Waals surface area contributed by atoms with Crippen LogP contribution in [0.2, 0.25) is 0 Å². The summed E-state index contributed by atoms with van der Waals surface area (Å²) in [7, 11) is 0. The van der Waals surface area contributed by atoms with Gasteiger partial charge in [-0.05, 0) is 80.2 Å². The Bertz CT molecular complexity index is 1140. The van der Waals surface area contributed by atoms with Crippen molar-refractivity contribution in [1.82, 2.24) is 9.88 Å². The fourth-order valence-electron chi connectivity index (χ4n) is 5.70. The molecule has 1 amide bonds. The average molecular weight is 461 g/mol. The topological polar surface area (TPSA) is 42.4 Å². The molecule has 0 unspecified atom stereocenters. The van der Waals surface area contributed by atoms with Crippen molar-refractivity contribution in [2.45, 2.75) is 44.9 Å². The fourth-order valence-corrected chi connectivity index (χ4v) is 5.70. The quantitative estimate of drug-likeness (QED) is 0.499. The molecule has 0 spiro atoms. The predicted molar refractivity (Wildman–Crippen MR) is 132 cm³/mol. The van der Waals surface area contributed by atoms with E-state index in [4.69, 9.17) is 4.74 Å². The summed E-state index contributed by atoms with van der Waals surface area (Å²) in [6.07, 6.45) is 7.86. The normalized spacial score (nSPS) is 20.7. The number of benzene rings is 2. The maximum Gasteiger partial charge on any atom is 0.229 e. The highest BCUT2D eigenvalue weighted by Gasteiger charge is 2.43. The Morgan fingerprint density at radius 2 is 1.85 bits per heavy atom. The second-order valence-corrected chi connectivity index (χ2v) is 9.99. The number of ether oxygens (including phenoxy) is 1. The molecule has 5 rings (SSSR count). The van der Waals surface area contributed by atoms with Crippen molar-refractivity contribution < 1.29 is 13.9 Å². The monoisotopic (exact) mass is 460 g/mol. The number of carbonyl (C=O) groups is 1. The van der Waals surface area contributed by atoms with Crippen LogP contribution >= 0.6 is 0 Å². The lowest BCUT2D eigenvalue weighted by molar-refractivity contribution is -0.148. The van der Waals surface area contributed by atoms with Gasteiger partial charge in [-0.25, -0.2) is 4.39 Å². The van der Waals surface area contributed by atoms with Crippen LogP contribution in [0.1, 0.15) is 43.2 Å². The van der Waals surface area contributed by atoms with Gasteiger partial charge in [0, 0.05) is 37.9 Å². The molecule has 1 aromatic heterocycles. The minimum Gasteiger partial charge on any atom is -0.381 e. The zero-order chi connectivity index (χ0) is 23.4. The van der Waals surface area contributed by atoms with Gasteiger partial charge in [0.2, 0.25) is 5.91 Å². The van der Waals surface area contributed by atoms with Gasteiger partial charge in [0.25, 0.3) is 0 Å². The van der Waals surface area contributed by atoms with Crippen LogP contribution in [0.4, 0.5) is 4.39 Å². The summed E-state index contributed by atoms with van der Waals surface area (Å²) in [5, 5.41) is 1.18. The Balaban J connectivity index is 1.27. The maximum atomic E-state index is 14.5. The molecule has 2 aromatic carbocycles. The molecule has 0 bridgehead atoms. The number of aromatic nitrogens is 1. The number of halogens is 1. The first-order valence-corrected chi connectivity index (χ1v) is 12.6. The molecule has 2 aliphatic heterocycles. The molecule has 0 aliphatic carbocycles. The van der Waals surface area contributed by atoms with Gasteiger partial charge in [-0.15, -0.1) is 0 Å². The van der Waals surface area contributed by atoms with Gasteiger partial charge in [0.15, 0.2) is 0 Å². The van der Waals surface area contributed by atoms with Crippen molar-refractivity contribution in [1.29, 1.82) is 0 Å². The lowest BCUT2D eigenvalue weighted by atomic mass is 9.74. The standard InChI is InChI=1S/C29H33FN2O2/c30-26-9-3-1-8-25(26)20-29(12-16-34-17-13-29)28(33)32-14-5-6-22(11-15-32)18-23-19-24-7-2-4-10-27(24)31-21-23/h1-4,7-10,19,21-22H,5-6,11-18,20H2/t22-/m0/s1. The highest BCUT2D eigenvalue weighted by Crippen LogP contribution is 2.38. The van der Waals surface area contributed by atoms with E-state index in [9.17, 15) is 9.18 Å². The Labute approximate surface area is 201 Å². The molecule has 4 nitrogen and oxygen atoms in total. The third-order valence-electron chi connectivity index (χ3n) is 7.70. The van der Waals surface area contributed by atoms with Crippen LogP contribution in [0, 0.1) is 17.2 Å². The third kappa shape index (κ3) is 5.00. The molecule has 3 heterocycles. The lowest BCUT2D eigenvalue weighted by Crippen LogP contribution is -2.48. The minimum absolute atomic E-state index is 0.187. The number of rotatable bonds is 5. The summed E-state index contributed by atoms with van der Waals surface area (Å²) < 4.78 is 20.1. The molecule has 34 heavy (non-hydrogen) atoms. The molecule has 3 aromatic rings. The highest BCUT2D eigenvalue weighted by atomic mass is 19.1. The maximum absolute atomic E-state index is 14.5. The molecule has 5 heteroatoms. The Kier molecular flexibility index (Phi) is 6.91. The molecule has 178 valence electrons. The summed E-state index contributed by atoms with van der Waals surface area (Å²) in [5.41, 5.74) is 2.36. The molecule has 0 saturated carbocycles. The van der Waals surface area contributed by atoms with E-state index in [0.29, 0.717) is 44.0 Å². The van der Waals surface area contributed by atoms with Crippen molar-refractivity contribution in [3.05, 3.63) is 77.7 Å². The van der Waals surface area contributed by atoms with Crippen LogP contribution in [0.5, 0.6) is 0 Å². The largest absolute Gasteiger partial charge is 0.381 e. The van der Waals surface area contributed by atoms with Crippen LogP contribution in [0.25, 0.3) is 10.9 Å². The molecule has 2 aliphatic rings. The van der Waals surface area contributed by atoms with Crippen molar-refractivity contribution in [3.8, 4) is 0 Å². The molecule has 0 N–H and O–H groups in total. The first kappa shape index (κ1) is 23.0. The molecular weight excluding hydrogens is 427 g/mol. The smallest absolute Gasteiger partial charge is 0.229 e. The summed E-state index contributed by atoms with van der Waals surface area (Å²) in [5.74, 6) is 0.506. The van der Waals surface area contributed by atoms with E-state index < -0.39 is 5.41 Å². The first-order chi connectivity index (χ1) is 16.6. The average Bonchev–Trinajstić information content (AvgIpc) is 3.11. The van der Waals surface area contributed by atoms with E-state index in [0.717, 1.165) is 44.3 Å². The van der Waals surface area contributed by atoms with Crippen molar-refractivity contribution >= 4 is 16.8 Å². The summed E-state index contributed by atoms with van der Waals surface area (Å²) >= 11 is 0. The van der Waals surface area contributed by atoms with Crippen LogP contribution in [0.15, 0.2) is 60.8 Å². The van der Waals surface area contributed by atoms with E-state index in [2.05, 4.69) is 28.1 Å². The second kappa shape index (κ2) is 10.2. The molecule has 2 fully saturated rings. The first-order valence-electron chi connectivity index (χ1n) is 12.6. The van der Waals surface area contributed by atoms with Gasteiger partial charge in [0.05, 0.1) is 10.9 Å². The number of likely N-dealkylation sites (tertiary alicyclic amines) is 1. The van der Waals surface area contributed by atoms with E-state index >= 15 is 0 Å². The minimum atomic E-state index is -0.567. The Morgan fingerprint density at radius 1 is 1.06 bits per heavy atom. The van der Waals surface area contributed by atoms with Gasteiger partial charge in [-0.1, -0.05) is 36.4 Å². The van der Waals surface area contributed by atoms with Gasteiger partial charge >= 0.3 is 0 Å². The zero-order valence-electron chi connectivity index (χ0n) is 19.7. The van der Waals surface area contributed by atoms with Crippen molar-refractivity contribution in [2.24, 2.45) is 11.3 Å². The number of carbonyl (C=O) groups excluding carboxylic acids is 1. The molecular formula is C29H33FN2O2. The highest BCUT2D eigenvalue weighted by molar-refractivity contribution is 5.83. The van der Waals surface area contributed by atoms with Gasteiger partial charge in [0.1, 0.15) is 5.82 Å². The van der Waals surface area contributed by atoms with Gasteiger partial charge in [-0.3, -0.25) is 9.78 Å². The van der Waals surface area contributed by atoms with E-state index in [1.165, 1.54) is 17.0 Å². The molecule has 0 radical (unpaired) electrons. The number of hydrogen-bond acceptors (Lipinski definition) is 3. The number of pyridine rings is 1. The Morgan fingerprint density at radius 3 is 2.71 bits per heavy atom. The predicted octanol–water partition coefficient (Wildman–Crippen LogP) is 5.58. The van der Waals surface area contributed by atoms with Crippen LogP contribution in [0.3, 0.4) is 0 Å². The molecule has 1 atom stereocenters. The Hall–Kier alpha value is -2.79. The van der Waals surface area contributed by atoms with Gasteiger partial charge < -0.3 is 9.64 Å². The number of nitrogens with zero attached hydrogens (tertiary/aromatic N) is 2. The lowest BCUT2D eigenvalue weighted by Gasteiger charge is -2.40. The fraction of sp³-hybridized carbons (Fsp3) is 0.448. The van der Waals surface area contributed by atoms with E-state index in [1.807, 2.05) is 30.5 Å². The summed E-state index contributed by atoms with van der Waals surface area (Å²) in [4.78, 5) is 20.6. The number of para-hydroxylation sites is 1. The SMILES string of the molecule is O=C(N1CCC[C@H](Cc2cnc3ccccc3c2)CC1)C1(Cc2ccccc2F)CCOCC1. The van der Waals surface area contributed by atoms with Crippen LogP contribution in [-0.2, 0) is 22.4 Å². The van der Waals surface area contributed by atoms with E-state index in [1.54, 1.807) is 6.07 Å². The van der Waals surface area contributed by atoms with Crippen molar-refractivity contribution in [2.75, 3.05) is 26.3 Å². The number of hydrogen-bond donors (Lipinski definition) is 0.